The summed E-state index contributed by atoms with van der Waals surface area (Å²) >= 11 is 0. The zero-order valence-corrected chi connectivity index (χ0v) is 10.1. The number of H-pyrrole nitrogens is 1. The molecule has 0 atom stereocenters. The van der Waals surface area contributed by atoms with Crippen molar-refractivity contribution in [3.05, 3.63) is 40.3 Å². The lowest BCUT2D eigenvalue weighted by Crippen LogP contribution is -2.12. The molecule has 5 heteroatoms. The van der Waals surface area contributed by atoms with E-state index in [9.17, 15) is 9.90 Å². The fourth-order valence-electron chi connectivity index (χ4n) is 1.14. The van der Waals surface area contributed by atoms with Gasteiger partial charge in [-0.05, 0) is 19.1 Å². The van der Waals surface area contributed by atoms with Gasteiger partial charge in [0.15, 0.2) is 5.82 Å². The molecular weight excluding hydrogens is 218 g/mol. The van der Waals surface area contributed by atoms with Crippen molar-refractivity contribution in [1.29, 1.82) is 0 Å². The summed E-state index contributed by atoms with van der Waals surface area (Å²) in [5.41, 5.74) is 0.364. The highest BCUT2D eigenvalue weighted by Crippen LogP contribution is 2.13. The largest absolute Gasteiger partial charge is 0.493 e. The lowest BCUT2D eigenvalue weighted by Gasteiger charge is -2.01. The van der Waals surface area contributed by atoms with E-state index < -0.39 is 0 Å². The molecule has 0 bridgehead atoms. The average molecular weight is 233 g/mol. The fraction of sp³-hybridized carbons (Fsp3) is 0.250. The summed E-state index contributed by atoms with van der Waals surface area (Å²) in [5.74, 6) is 0.00287. The number of nitrogens with zero attached hydrogens (tertiary/aromatic N) is 2. The number of rotatable bonds is 1. The standard InChI is InChI=1S/C10H9N3O2.C2H6/c1-6-9(14)12-8(13-10(6)15)7-4-2-3-5-11-7;1-2/h2-5H,1H3,(H2,12,13,14,15);1-2H3. The van der Waals surface area contributed by atoms with E-state index in [1.807, 2.05) is 13.8 Å². The Hall–Kier alpha value is -2.17. The number of hydrogen-bond acceptors (Lipinski definition) is 4. The van der Waals surface area contributed by atoms with Crippen molar-refractivity contribution < 1.29 is 5.11 Å². The number of nitrogens with one attached hydrogen (secondary N) is 1. The first kappa shape index (κ1) is 12.9. The van der Waals surface area contributed by atoms with Gasteiger partial charge in [0.05, 0.1) is 5.56 Å². The molecule has 0 radical (unpaired) electrons. The van der Waals surface area contributed by atoms with Crippen LogP contribution in [0.4, 0.5) is 0 Å². The quantitative estimate of drug-likeness (QED) is 0.788. The predicted molar refractivity (Wildman–Crippen MR) is 65.8 cm³/mol. The molecule has 0 amide bonds. The fourth-order valence-corrected chi connectivity index (χ4v) is 1.14. The average Bonchev–Trinajstić information content (AvgIpc) is 2.39. The Kier molecular flexibility index (Phi) is 4.39. The Balaban J connectivity index is 0.000000686. The van der Waals surface area contributed by atoms with Crippen LogP contribution in [0.2, 0.25) is 0 Å². The van der Waals surface area contributed by atoms with Gasteiger partial charge in [0, 0.05) is 6.20 Å². The van der Waals surface area contributed by atoms with Gasteiger partial charge in [-0.25, -0.2) is 0 Å². The van der Waals surface area contributed by atoms with Crippen molar-refractivity contribution in [3.8, 4) is 17.4 Å². The highest BCUT2D eigenvalue weighted by molar-refractivity contribution is 5.49. The van der Waals surface area contributed by atoms with Crippen molar-refractivity contribution >= 4 is 0 Å². The van der Waals surface area contributed by atoms with Crippen LogP contribution in [-0.2, 0) is 0 Å². The van der Waals surface area contributed by atoms with E-state index in [1.54, 1.807) is 24.4 Å². The minimum atomic E-state index is -0.358. The molecule has 0 spiro atoms. The molecule has 2 heterocycles. The van der Waals surface area contributed by atoms with Crippen LogP contribution in [0, 0.1) is 6.92 Å². The molecule has 2 rings (SSSR count). The highest BCUT2D eigenvalue weighted by atomic mass is 16.3. The number of hydrogen-bond donors (Lipinski definition) is 2. The second-order valence-electron chi connectivity index (χ2n) is 3.08. The predicted octanol–water partition coefficient (Wildman–Crippen LogP) is 1.87. The van der Waals surface area contributed by atoms with Crippen LogP contribution in [-0.4, -0.2) is 20.1 Å². The van der Waals surface area contributed by atoms with Crippen molar-refractivity contribution in [3.63, 3.8) is 0 Å². The number of pyridine rings is 1. The van der Waals surface area contributed by atoms with Crippen LogP contribution in [0.3, 0.4) is 0 Å². The molecule has 90 valence electrons. The third-order valence-corrected chi connectivity index (χ3v) is 2.03. The maximum absolute atomic E-state index is 11.4. The first-order valence-electron chi connectivity index (χ1n) is 5.40. The number of aromatic hydroxyl groups is 1. The van der Waals surface area contributed by atoms with Gasteiger partial charge in [0.25, 0.3) is 5.56 Å². The van der Waals surface area contributed by atoms with Crippen molar-refractivity contribution in [2.24, 2.45) is 0 Å². The third kappa shape index (κ3) is 2.90. The Bertz CT molecular complexity index is 535. The Morgan fingerprint density at radius 2 is 2.00 bits per heavy atom. The smallest absolute Gasteiger partial charge is 0.257 e. The van der Waals surface area contributed by atoms with E-state index in [4.69, 9.17) is 0 Å². The Morgan fingerprint density at radius 3 is 2.53 bits per heavy atom. The summed E-state index contributed by atoms with van der Waals surface area (Å²) < 4.78 is 0. The second kappa shape index (κ2) is 5.79. The summed E-state index contributed by atoms with van der Waals surface area (Å²) in [6.45, 7) is 5.50. The summed E-state index contributed by atoms with van der Waals surface area (Å²) in [6.07, 6.45) is 1.59. The SMILES string of the molecule is CC.Cc1c(O)nc(-c2ccccn2)[nH]c1=O. The Morgan fingerprint density at radius 1 is 1.29 bits per heavy atom. The van der Waals surface area contributed by atoms with Crippen molar-refractivity contribution in [2.75, 3.05) is 0 Å². The third-order valence-electron chi connectivity index (χ3n) is 2.03. The minimum absolute atomic E-state index is 0.203. The van der Waals surface area contributed by atoms with Crippen LogP contribution in [0.15, 0.2) is 29.2 Å². The summed E-state index contributed by atoms with van der Waals surface area (Å²) in [7, 11) is 0. The second-order valence-corrected chi connectivity index (χ2v) is 3.08. The zero-order chi connectivity index (χ0) is 12.8. The summed E-state index contributed by atoms with van der Waals surface area (Å²) in [4.78, 5) is 21.8. The molecule has 0 aliphatic rings. The molecule has 2 N–H and O–H groups in total. The van der Waals surface area contributed by atoms with Crippen molar-refractivity contribution in [1.82, 2.24) is 15.0 Å². The van der Waals surface area contributed by atoms with E-state index in [0.717, 1.165) is 0 Å². The molecular formula is C12H15N3O2. The van der Waals surface area contributed by atoms with Gasteiger partial charge in [-0.2, -0.15) is 4.98 Å². The number of aromatic amines is 1. The van der Waals surface area contributed by atoms with Crippen LogP contribution < -0.4 is 5.56 Å². The first-order valence-corrected chi connectivity index (χ1v) is 5.40. The van der Waals surface area contributed by atoms with Gasteiger partial charge in [0.2, 0.25) is 5.88 Å². The van der Waals surface area contributed by atoms with Gasteiger partial charge in [-0.15, -0.1) is 0 Å². The van der Waals surface area contributed by atoms with Crippen molar-refractivity contribution in [2.45, 2.75) is 20.8 Å². The van der Waals surface area contributed by atoms with Crippen LogP contribution in [0.25, 0.3) is 11.5 Å². The molecule has 0 aliphatic heterocycles. The normalized spacial score (nSPS) is 9.35. The van der Waals surface area contributed by atoms with E-state index in [2.05, 4.69) is 15.0 Å². The number of aromatic nitrogens is 3. The van der Waals surface area contributed by atoms with Gasteiger partial charge >= 0.3 is 0 Å². The van der Waals surface area contributed by atoms with Gasteiger partial charge in [-0.3, -0.25) is 9.78 Å². The summed E-state index contributed by atoms with van der Waals surface area (Å²) in [6, 6.07) is 5.24. The molecule has 0 fully saturated rings. The highest BCUT2D eigenvalue weighted by Gasteiger charge is 2.07. The van der Waals surface area contributed by atoms with Gasteiger partial charge in [0.1, 0.15) is 5.69 Å². The van der Waals surface area contributed by atoms with E-state index in [-0.39, 0.29) is 22.8 Å². The molecule has 2 aromatic heterocycles. The molecule has 2 aromatic rings. The van der Waals surface area contributed by atoms with Gasteiger partial charge < -0.3 is 10.1 Å². The maximum Gasteiger partial charge on any atom is 0.257 e. The molecule has 17 heavy (non-hydrogen) atoms. The first-order chi connectivity index (χ1) is 8.18. The minimum Gasteiger partial charge on any atom is -0.493 e. The molecule has 5 nitrogen and oxygen atoms in total. The maximum atomic E-state index is 11.4. The van der Waals surface area contributed by atoms with E-state index >= 15 is 0 Å². The van der Waals surface area contributed by atoms with Crippen LogP contribution in [0.5, 0.6) is 5.88 Å². The van der Waals surface area contributed by atoms with E-state index in [1.165, 1.54) is 6.92 Å². The van der Waals surface area contributed by atoms with Gasteiger partial charge in [-0.1, -0.05) is 19.9 Å². The topological polar surface area (TPSA) is 78.9 Å². The van der Waals surface area contributed by atoms with Crippen LogP contribution in [0.1, 0.15) is 19.4 Å². The Labute approximate surface area is 99.2 Å². The van der Waals surface area contributed by atoms with Crippen LogP contribution >= 0.6 is 0 Å². The molecule has 0 saturated heterocycles. The molecule has 0 saturated carbocycles. The molecule has 0 unspecified atom stereocenters. The molecule has 0 aliphatic carbocycles. The lowest BCUT2D eigenvalue weighted by molar-refractivity contribution is 0.447. The monoisotopic (exact) mass is 233 g/mol. The lowest BCUT2D eigenvalue weighted by atomic mass is 10.3. The van der Waals surface area contributed by atoms with E-state index in [0.29, 0.717) is 5.69 Å². The molecule has 0 aromatic carbocycles. The zero-order valence-electron chi connectivity index (χ0n) is 10.1. The summed E-state index contributed by atoms with van der Waals surface area (Å²) in [5, 5.41) is 9.38.